The summed E-state index contributed by atoms with van der Waals surface area (Å²) in [5.41, 5.74) is 3.05. The molecule has 1 heterocycles. The molecule has 0 bridgehead atoms. The summed E-state index contributed by atoms with van der Waals surface area (Å²) < 4.78 is 0. The first-order valence-electron chi connectivity index (χ1n) is 4.02. The largest absolute Gasteiger partial charge is 0.348 e. The standard InChI is InChI=1S/C9H14N2/c1-8(2)6-7(9(8,3)4)11-5-10-6/h5H,1-4H3,(H,10,11). The average molecular weight is 150 g/mol. The second-order valence-electron chi connectivity index (χ2n) is 4.38. The maximum absolute atomic E-state index is 4.30. The van der Waals surface area contributed by atoms with E-state index in [-0.39, 0.29) is 10.8 Å². The van der Waals surface area contributed by atoms with Gasteiger partial charge in [0.15, 0.2) is 0 Å². The molecule has 0 unspecified atom stereocenters. The van der Waals surface area contributed by atoms with Crippen molar-refractivity contribution in [2.45, 2.75) is 38.5 Å². The van der Waals surface area contributed by atoms with Crippen molar-refractivity contribution in [1.29, 1.82) is 0 Å². The van der Waals surface area contributed by atoms with Gasteiger partial charge in [-0.25, -0.2) is 4.98 Å². The van der Waals surface area contributed by atoms with Gasteiger partial charge in [-0.3, -0.25) is 0 Å². The molecule has 1 aliphatic carbocycles. The van der Waals surface area contributed by atoms with Gasteiger partial charge in [0.05, 0.1) is 12.0 Å². The Hall–Kier alpha value is -0.790. The third-order valence-electron chi connectivity index (χ3n) is 3.42. The lowest BCUT2D eigenvalue weighted by Gasteiger charge is -2.50. The number of hydrogen-bond acceptors (Lipinski definition) is 1. The van der Waals surface area contributed by atoms with Crippen LogP contribution in [0.1, 0.15) is 39.1 Å². The van der Waals surface area contributed by atoms with Crippen LogP contribution in [0.2, 0.25) is 0 Å². The summed E-state index contributed by atoms with van der Waals surface area (Å²) in [6.45, 7) is 9.01. The van der Waals surface area contributed by atoms with E-state index < -0.39 is 0 Å². The van der Waals surface area contributed by atoms with Crippen molar-refractivity contribution in [3.05, 3.63) is 17.7 Å². The van der Waals surface area contributed by atoms with Gasteiger partial charge in [0, 0.05) is 16.5 Å². The highest BCUT2D eigenvalue weighted by Gasteiger charge is 2.53. The molecule has 0 aliphatic heterocycles. The Morgan fingerprint density at radius 2 is 1.82 bits per heavy atom. The van der Waals surface area contributed by atoms with Crippen LogP contribution in [0.4, 0.5) is 0 Å². The maximum atomic E-state index is 4.30. The minimum atomic E-state index is 0.238. The number of nitrogens with one attached hydrogen (secondary N) is 1. The molecule has 0 amide bonds. The number of rotatable bonds is 0. The number of aromatic nitrogens is 2. The fourth-order valence-corrected chi connectivity index (χ4v) is 1.79. The van der Waals surface area contributed by atoms with E-state index in [9.17, 15) is 0 Å². The number of imidazole rings is 1. The molecule has 0 atom stereocenters. The topological polar surface area (TPSA) is 28.7 Å². The van der Waals surface area contributed by atoms with Crippen molar-refractivity contribution in [1.82, 2.24) is 9.97 Å². The van der Waals surface area contributed by atoms with E-state index in [4.69, 9.17) is 0 Å². The lowest BCUT2D eigenvalue weighted by atomic mass is 9.54. The number of hydrogen-bond donors (Lipinski definition) is 1. The molecule has 0 saturated carbocycles. The van der Waals surface area contributed by atoms with Crippen LogP contribution in [0.5, 0.6) is 0 Å². The number of H-pyrrole nitrogens is 1. The van der Waals surface area contributed by atoms with Gasteiger partial charge >= 0.3 is 0 Å². The van der Waals surface area contributed by atoms with E-state index in [0.717, 1.165) is 0 Å². The van der Waals surface area contributed by atoms with Gasteiger partial charge in [-0.2, -0.15) is 0 Å². The third kappa shape index (κ3) is 0.525. The summed E-state index contributed by atoms with van der Waals surface area (Å²) in [4.78, 5) is 7.49. The summed E-state index contributed by atoms with van der Waals surface area (Å²) in [5.74, 6) is 0. The molecule has 60 valence electrons. The summed E-state index contributed by atoms with van der Waals surface area (Å²) in [6, 6.07) is 0. The zero-order chi connectivity index (χ0) is 8.28. The van der Waals surface area contributed by atoms with Crippen LogP contribution < -0.4 is 0 Å². The van der Waals surface area contributed by atoms with Crippen LogP contribution in [-0.2, 0) is 10.8 Å². The third-order valence-corrected chi connectivity index (χ3v) is 3.42. The average Bonchev–Trinajstić information content (AvgIpc) is 2.32. The van der Waals surface area contributed by atoms with Crippen LogP contribution in [0, 0.1) is 0 Å². The Morgan fingerprint density at radius 3 is 2.36 bits per heavy atom. The van der Waals surface area contributed by atoms with Gasteiger partial charge in [0.2, 0.25) is 0 Å². The molecular formula is C9H14N2. The lowest BCUT2D eigenvalue weighted by molar-refractivity contribution is 0.229. The summed E-state index contributed by atoms with van der Waals surface area (Å²) in [6.07, 6.45) is 1.79. The molecule has 0 saturated heterocycles. The van der Waals surface area contributed by atoms with Crippen molar-refractivity contribution < 1.29 is 0 Å². The predicted octanol–water partition coefficient (Wildman–Crippen LogP) is 1.98. The van der Waals surface area contributed by atoms with E-state index in [1.54, 1.807) is 6.33 Å². The van der Waals surface area contributed by atoms with Crippen LogP contribution in [0.25, 0.3) is 0 Å². The van der Waals surface area contributed by atoms with Crippen molar-refractivity contribution in [2.75, 3.05) is 0 Å². The summed E-state index contributed by atoms with van der Waals surface area (Å²) in [5, 5.41) is 0. The van der Waals surface area contributed by atoms with Gasteiger partial charge in [-0.1, -0.05) is 27.7 Å². The number of nitrogens with zero attached hydrogens (tertiary/aromatic N) is 1. The molecule has 0 fully saturated rings. The van der Waals surface area contributed by atoms with Crippen molar-refractivity contribution in [2.24, 2.45) is 0 Å². The van der Waals surface area contributed by atoms with Gasteiger partial charge in [-0.05, 0) is 0 Å². The number of fused-ring (bicyclic) bond motifs is 1. The Bertz CT molecular complexity index is 266. The summed E-state index contributed by atoms with van der Waals surface area (Å²) in [7, 11) is 0. The zero-order valence-electron chi connectivity index (χ0n) is 7.52. The van der Waals surface area contributed by atoms with Crippen LogP contribution in [-0.4, -0.2) is 9.97 Å². The van der Waals surface area contributed by atoms with Gasteiger partial charge in [0.1, 0.15) is 0 Å². The monoisotopic (exact) mass is 150 g/mol. The van der Waals surface area contributed by atoms with Crippen molar-refractivity contribution in [3.63, 3.8) is 0 Å². The minimum absolute atomic E-state index is 0.238. The Balaban J connectivity index is 2.63. The highest BCUT2D eigenvalue weighted by atomic mass is 15.0. The second kappa shape index (κ2) is 1.52. The molecule has 1 aromatic heterocycles. The molecule has 0 radical (unpaired) electrons. The summed E-state index contributed by atoms with van der Waals surface area (Å²) >= 11 is 0. The van der Waals surface area contributed by atoms with Crippen molar-refractivity contribution in [3.8, 4) is 0 Å². The van der Waals surface area contributed by atoms with Gasteiger partial charge in [-0.15, -0.1) is 0 Å². The molecule has 1 aliphatic rings. The normalized spacial score (nSPS) is 24.0. The Morgan fingerprint density at radius 1 is 1.18 bits per heavy atom. The zero-order valence-corrected chi connectivity index (χ0v) is 7.52. The fourth-order valence-electron chi connectivity index (χ4n) is 1.79. The SMILES string of the molecule is CC1(C)c2nc[nH]c2C1(C)C. The van der Waals surface area contributed by atoms with Crippen LogP contribution >= 0.6 is 0 Å². The second-order valence-corrected chi connectivity index (χ2v) is 4.38. The van der Waals surface area contributed by atoms with Crippen LogP contribution in [0.15, 0.2) is 6.33 Å². The molecule has 0 spiro atoms. The van der Waals surface area contributed by atoms with E-state index in [0.29, 0.717) is 0 Å². The Labute approximate surface area is 67.0 Å². The van der Waals surface area contributed by atoms with E-state index in [1.165, 1.54) is 11.4 Å². The maximum Gasteiger partial charge on any atom is 0.0925 e. The van der Waals surface area contributed by atoms with E-state index in [1.807, 2.05) is 0 Å². The number of aromatic amines is 1. The molecule has 2 heteroatoms. The predicted molar refractivity (Wildman–Crippen MR) is 44.6 cm³/mol. The molecular weight excluding hydrogens is 136 g/mol. The molecule has 0 aromatic carbocycles. The van der Waals surface area contributed by atoms with Crippen molar-refractivity contribution >= 4 is 0 Å². The molecule has 2 nitrogen and oxygen atoms in total. The van der Waals surface area contributed by atoms with Gasteiger partial charge < -0.3 is 4.98 Å². The lowest BCUT2D eigenvalue weighted by Crippen LogP contribution is -2.51. The molecule has 2 rings (SSSR count). The first-order valence-corrected chi connectivity index (χ1v) is 4.02. The quantitative estimate of drug-likeness (QED) is 0.602. The first kappa shape index (κ1) is 6.89. The molecule has 1 aromatic rings. The fraction of sp³-hybridized carbons (Fsp3) is 0.667. The molecule has 1 N–H and O–H groups in total. The highest BCUT2D eigenvalue weighted by Crippen LogP contribution is 2.53. The van der Waals surface area contributed by atoms with Crippen LogP contribution in [0.3, 0.4) is 0 Å². The van der Waals surface area contributed by atoms with E-state index in [2.05, 4.69) is 37.7 Å². The van der Waals surface area contributed by atoms with E-state index >= 15 is 0 Å². The minimum Gasteiger partial charge on any atom is -0.348 e. The smallest absolute Gasteiger partial charge is 0.0925 e. The Kier molecular flexibility index (Phi) is 0.952. The van der Waals surface area contributed by atoms with Gasteiger partial charge in [0.25, 0.3) is 0 Å². The highest BCUT2D eigenvalue weighted by molar-refractivity contribution is 5.44. The molecule has 11 heavy (non-hydrogen) atoms. The first-order chi connectivity index (χ1) is 4.98.